The van der Waals surface area contributed by atoms with Gasteiger partial charge < -0.3 is 5.32 Å². The summed E-state index contributed by atoms with van der Waals surface area (Å²) in [6.07, 6.45) is 2.38. The van der Waals surface area contributed by atoms with Crippen molar-refractivity contribution in [1.29, 1.82) is 0 Å². The smallest absolute Gasteiger partial charge is 0.0107 e. The van der Waals surface area contributed by atoms with Crippen molar-refractivity contribution >= 4 is 0 Å². The summed E-state index contributed by atoms with van der Waals surface area (Å²) in [5, 5.41) is 3.45. The van der Waals surface area contributed by atoms with Crippen LogP contribution in [-0.4, -0.2) is 13.1 Å². The van der Waals surface area contributed by atoms with Crippen LogP contribution in [0.2, 0.25) is 0 Å². The van der Waals surface area contributed by atoms with E-state index in [2.05, 4.69) is 59.1 Å². The van der Waals surface area contributed by atoms with Crippen LogP contribution in [-0.2, 0) is 6.42 Å². The summed E-state index contributed by atoms with van der Waals surface area (Å²) in [5.41, 5.74) is 5.77. The van der Waals surface area contributed by atoms with Crippen molar-refractivity contribution in [1.82, 2.24) is 5.32 Å². The number of nitrogens with one attached hydrogen (secondary N) is 1. The normalized spacial score (nSPS) is 13.1. The molecule has 0 aliphatic rings. The quantitative estimate of drug-likeness (QED) is 0.816. The van der Waals surface area contributed by atoms with E-state index < -0.39 is 0 Å². The van der Waals surface area contributed by atoms with Crippen molar-refractivity contribution in [2.45, 2.75) is 53.5 Å². The molecule has 1 N–H and O–H groups in total. The third kappa shape index (κ3) is 4.16. The molecule has 1 aromatic rings. The zero-order chi connectivity index (χ0) is 13.0. The summed E-state index contributed by atoms with van der Waals surface area (Å²) in [5.74, 6) is 0.749. The topological polar surface area (TPSA) is 12.0 Å². The maximum absolute atomic E-state index is 3.45. The number of hydrogen-bond acceptors (Lipinski definition) is 1. The Kier molecular flexibility index (Phi) is 5.20. The van der Waals surface area contributed by atoms with Crippen molar-refractivity contribution in [3.05, 3.63) is 34.4 Å². The number of rotatable bonds is 5. The van der Waals surface area contributed by atoms with Crippen molar-refractivity contribution in [3.8, 4) is 0 Å². The van der Waals surface area contributed by atoms with Gasteiger partial charge in [0.25, 0.3) is 0 Å². The molecule has 96 valence electrons. The van der Waals surface area contributed by atoms with Crippen molar-refractivity contribution in [3.63, 3.8) is 0 Å². The molecule has 0 saturated heterocycles. The van der Waals surface area contributed by atoms with Crippen LogP contribution in [0.4, 0.5) is 0 Å². The van der Waals surface area contributed by atoms with Crippen LogP contribution in [0.1, 0.15) is 42.5 Å². The highest BCUT2D eigenvalue weighted by Gasteiger charge is 2.12. The van der Waals surface area contributed by atoms with Gasteiger partial charge in [-0.25, -0.2) is 0 Å². The molecule has 0 fully saturated rings. The molecule has 1 unspecified atom stereocenters. The highest BCUT2D eigenvalue weighted by molar-refractivity contribution is 5.38. The zero-order valence-corrected chi connectivity index (χ0v) is 12.2. The van der Waals surface area contributed by atoms with Gasteiger partial charge in [0, 0.05) is 6.04 Å². The lowest BCUT2D eigenvalue weighted by Gasteiger charge is -2.21. The van der Waals surface area contributed by atoms with E-state index in [0.717, 1.165) is 12.3 Å². The van der Waals surface area contributed by atoms with E-state index in [-0.39, 0.29) is 0 Å². The van der Waals surface area contributed by atoms with E-state index in [0.29, 0.717) is 6.04 Å². The molecule has 0 aromatic heterocycles. The Hall–Kier alpha value is -0.820. The van der Waals surface area contributed by atoms with Gasteiger partial charge in [-0.2, -0.15) is 0 Å². The van der Waals surface area contributed by atoms with Gasteiger partial charge >= 0.3 is 0 Å². The van der Waals surface area contributed by atoms with Crippen LogP contribution in [0.3, 0.4) is 0 Å². The molecule has 0 aliphatic heterocycles. The molecule has 1 nitrogen and oxygen atoms in total. The summed E-state index contributed by atoms with van der Waals surface area (Å²) in [6, 6.07) is 5.18. The van der Waals surface area contributed by atoms with Crippen molar-refractivity contribution < 1.29 is 0 Å². The fourth-order valence-electron chi connectivity index (χ4n) is 2.65. The van der Waals surface area contributed by atoms with Crippen molar-refractivity contribution in [2.75, 3.05) is 7.05 Å². The first-order chi connectivity index (χ1) is 7.93. The second-order valence-corrected chi connectivity index (χ2v) is 5.70. The van der Waals surface area contributed by atoms with Gasteiger partial charge in [-0.1, -0.05) is 31.5 Å². The first-order valence-electron chi connectivity index (χ1n) is 6.68. The Morgan fingerprint density at radius 1 is 1.06 bits per heavy atom. The highest BCUT2D eigenvalue weighted by atomic mass is 14.9. The number of likely N-dealkylation sites (N-methyl/N-ethyl adjacent to an activating group) is 1. The average molecular weight is 233 g/mol. The summed E-state index contributed by atoms with van der Waals surface area (Å²) in [6.45, 7) is 11.2. The monoisotopic (exact) mass is 233 g/mol. The molecule has 1 rings (SSSR count). The summed E-state index contributed by atoms with van der Waals surface area (Å²) >= 11 is 0. The largest absolute Gasteiger partial charge is 0.317 e. The fourth-order valence-corrected chi connectivity index (χ4v) is 2.65. The maximum atomic E-state index is 3.45. The second-order valence-electron chi connectivity index (χ2n) is 5.70. The van der Waals surface area contributed by atoms with E-state index >= 15 is 0 Å². The number of aryl methyl sites for hydroxylation is 3. The van der Waals surface area contributed by atoms with Crippen molar-refractivity contribution in [2.24, 2.45) is 5.92 Å². The minimum Gasteiger partial charge on any atom is -0.317 e. The number of hydrogen-bond donors (Lipinski definition) is 1. The highest BCUT2D eigenvalue weighted by Crippen LogP contribution is 2.20. The zero-order valence-electron chi connectivity index (χ0n) is 12.2. The summed E-state index contributed by atoms with van der Waals surface area (Å²) in [4.78, 5) is 0. The predicted molar refractivity (Wildman–Crippen MR) is 76.7 cm³/mol. The minimum atomic E-state index is 0.593. The number of benzene rings is 1. The van der Waals surface area contributed by atoms with Crippen LogP contribution in [0.5, 0.6) is 0 Å². The molecule has 17 heavy (non-hydrogen) atoms. The van der Waals surface area contributed by atoms with Gasteiger partial charge in [0.1, 0.15) is 0 Å². The van der Waals surface area contributed by atoms with Crippen LogP contribution in [0, 0.1) is 26.7 Å². The third-order valence-electron chi connectivity index (χ3n) is 3.46. The van der Waals surface area contributed by atoms with Gasteiger partial charge in [0.2, 0.25) is 0 Å². The van der Waals surface area contributed by atoms with E-state index in [1.165, 1.54) is 28.7 Å². The van der Waals surface area contributed by atoms with Crippen LogP contribution >= 0.6 is 0 Å². The fraction of sp³-hybridized carbons (Fsp3) is 0.625. The molecule has 0 aliphatic carbocycles. The standard InChI is InChI=1S/C16H27N/c1-11(2)7-15(17-6)10-16-13(4)8-12(3)9-14(16)5/h8-9,11,15,17H,7,10H2,1-6H3. The molecule has 0 amide bonds. The third-order valence-corrected chi connectivity index (χ3v) is 3.46. The lowest BCUT2D eigenvalue weighted by atomic mass is 9.91. The van der Waals surface area contributed by atoms with E-state index in [4.69, 9.17) is 0 Å². The summed E-state index contributed by atoms with van der Waals surface area (Å²) < 4.78 is 0. The Bertz CT molecular complexity index is 343. The van der Waals surface area contributed by atoms with Crippen LogP contribution in [0.25, 0.3) is 0 Å². The predicted octanol–water partition coefficient (Wildman–Crippen LogP) is 3.79. The van der Waals surface area contributed by atoms with E-state index in [1.807, 2.05) is 0 Å². The Labute approximate surface area is 107 Å². The molecule has 0 bridgehead atoms. The first kappa shape index (κ1) is 14.2. The van der Waals surface area contributed by atoms with Gasteiger partial charge in [0.05, 0.1) is 0 Å². The molecule has 1 heteroatoms. The summed E-state index contributed by atoms with van der Waals surface area (Å²) in [7, 11) is 2.08. The maximum Gasteiger partial charge on any atom is 0.0107 e. The van der Waals surface area contributed by atoms with Gasteiger partial charge in [0.15, 0.2) is 0 Å². The minimum absolute atomic E-state index is 0.593. The van der Waals surface area contributed by atoms with Gasteiger partial charge in [-0.3, -0.25) is 0 Å². The molecule has 1 aromatic carbocycles. The lowest BCUT2D eigenvalue weighted by molar-refractivity contribution is 0.440. The van der Waals surface area contributed by atoms with Crippen LogP contribution in [0.15, 0.2) is 12.1 Å². The van der Waals surface area contributed by atoms with E-state index in [9.17, 15) is 0 Å². The van der Waals surface area contributed by atoms with Gasteiger partial charge in [-0.05, 0) is 63.3 Å². The molecule has 0 radical (unpaired) electrons. The Morgan fingerprint density at radius 2 is 1.59 bits per heavy atom. The molecular weight excluding hydrogens is 206 g/mol. The lowest BCUT2D eigenvalue weighted by Crippen LogP contribution is -2.29. The average Bonchev–Trinajstić information content (AvgIpc) is 2.20. The molecule has 1 atom stereocenters. The molecule has 0 heterocycles. The second kappa shape index (κ2) is 6.20. The van der Waals surface area contributed by atoms with Gasteiger partial charge in [-0.15, -0.1) is 0 Å². The molecule has 0 spiro atoms. The molecular formula is C16H27N. The van der Waals surface area contributed by atoms with E-state index in [1.54, 1.807) is 0 Å². The Morgan fingerprint density at radius 3 is 2.00 bits per heavy atom. The van der Waals surface area contributed by atoms with Crippen LogP contribution < -0.4 is 5.32 Å². The first-order valence-corrected chi connectivity index (χ1v) is 6.68. The Balaban J connectivity index is 2.86. The SMILES string of the molecule is CNC(Cc1c(C)cc(C)cc1C)CC(C)C. The molecule has 0 saturated carbocycles.